The molecule has 0 radical (unpaired) electrons. The van der Waals surface area contributed by atoms with Crippen molar-refractivity contribution in [2.24, 2.45) is 7.05 Å². The summed E-state index contributed by atoms with van der Waals surface area (Å²) in [4.78, 5) is 0. The largest absolute Gasteiger partial charge is 0.276 e. The third-order valence-electron chi connectivity index (χ3n) is 3.04. The highest BCUT2D eigenvalue weighted by Crippen LogP contribution is 2.25. The molecule has 1 aromatic carbocycles. The zero-order valence-corrected chi connectivity index (χ0v) is 11.8. The van der Waals surface area contributed by atoms with Crippen LogP contribution in [-0.2, 0) is 13.5 Å². The van der Waals surface area contributed by atoms with E-state index in [4.69, 9.17) is 0 Å². The van der Waals surface area contributed by atoms with Crippen LogP contribution in [0.5, 0.6) is 0 Å². The molecular formula is C14H17BrN2. The van der Waals surface area contributed by atoms with Crippen LogP contribution in [-0.4, -0.2) is 15.1 Å². The summed E-state index contributed by atoms with van der Waals surface area (Å²) >= 11 is 3.62. The third kappa shape index (κ3) is 2.97. The van der Waals surface area contributed by atoms with Gasteiger partial charge < -0.3 is 0 Å². The van der Waals surface area contributed by atoms with Crippen LogP contribution < -0.4 is 0 Å². The minimum Gasteiger partial charge on any atom is -0.276 e. The van der Waals surface area contributed by atoms with Gasteiger partial charge >= 0.3 is 0 Å². The first-order chi connectivity index (χ1) is 8.20. The molecule has 2 aromatic rings. The van der Waals surface area contributed by atoms with Crippen molar-refractivity contribution < 1.29 is 0 Å². The number of hydrogen-bond acceptors (Lipinski definition) is 1. The molecule has 0 saturated heterocycles. The molecule has 0 fully saturated rings. The number of nitrogens with zero attached hydrogens (tertiary/aromatic N) is 2. The molecule has 2 nitrogen and oxygen atoms in total. The van der Waals surface area contributed by atoms with Crippen LogP contribution in [0, 0.1) is 6.92 Å². The number of aryl methyl sites for hydroxylation is 2. The average molecular weight is 293 g/mol. The molecule has 1 atom stereocenters. The lowest BCUT2D eigenvalue weighted by atomic mass is 9.93. The van der Waals surface area contributed by atoms with Gasteiger partial charge in [0.1, 0.15) is 0 Å². The first-order valence-electron chi connectivity index (χ1n) is 5.80. The van der Waals surface area contributed by atoms with E-state index in [0.29, 0.717) is 5.92 Å². The Morgan fingerprint density at radius 3 is 2.65 bits per heavy atom. The fourth-order valence-electron chi connectivity index (χ4n) is 2.12. The van der Waals surface area contributed by atoms with Crippen molar-refractivity contribution in [1.29, 1.82) is 0 Å². The molecule has 3 heteroatoms. The lowest BCUT2D eigenvalue weighted by Crippen LogP contribution is -2.07. The molecule has 1 unspecified atom stereocenters. The highest BCUT2D eigenvalue weighted by Gasteiger charge is 2.14. The number of rotatable bonds is 4. The van der Waals surface area contributed by atoms with E-state index in [1.165, 1.54) is 11.1 Å². The number of hydrogen-bond donors (Lipinski definition) is 0. The van der Waals surface area contributed by atoms with E-state index >= 15 is 0 Å². The van der Waals surface area contributed by atoms with Gasteiger partial charge in [-0.25, -0.2) is 0 Å². The molecule has 0 aliphatic heterocycles. The molecule has 0 aliphatic carbocycles. The number of alkyl halides is 1. The van der Waals surface area contributed by atoms with Gasteiger partial charge in [0.15, 0.2) is 0 Å². The summed E-state index contributed by atoms with van der Waals surface area (Å²) in [5.41, 5.74) is 3.92. The van der Waals surface area contributed by atoms with E-state index in [2.05, 4.69) is 58.3 Å². The Kier molecular flexibility index (Phi) is 4.00. The molecule has 2 rings (SSSR count). The SMILES string of the molecule is Cc1ccccc1C(CBr)Cc1ccn(C)n1. The molecule has 1 aromatic heterocycles. The fourth-order valence-corrected chi connectivity index (χ4v) is 2.69. The average Bonchev–Trinajstić information content (AvgIpc) is 2.73. The Morgan fingerprint density at radius 1 is 1.29 bits per heavy atom. The Bertz CT molecular complexity index is 490. The van der Waals surface area contributed by atoms with Gasteiger partial charge in [-0.15, -0.1) is 0 Å². The summed E-state index contributed by atoms with van der Waals surface area (Å²) < 4.78 is 1.86. The van der Waals surface area contributed by atoms with Gasteiger partial charge in [0.2, 0.25) is 0 Å². The molecular weight excluding hydrogens is 276 g/mol. The molecule has 17 heavy (non-hydrogen) atoms. The monoisotopic (exact) mass is 292 g/mol. The van der Waals surface area contributed by atoms with E-state index in [9.17, 15) is 0 Å². The molecule has 0 bridgehead atoms. The lowest BCUT2D eigenvalue weighted by molar-refractivity contribution is 0.699. The van der Waals surface area contributed by atoms with Crippen LogP contribution in [0.1, 0.15) is 22.7 Å². The van der Waals surface area contributed by atoms with Crippen LogP contribution >= 0.6 is 15.9 Å². The van der Waals surface area contributed by atoms with Gasteiger partial charge in [0, 0.05) is 18.6 Å². The fraction of sp³-hybridized carbons (Fsp3) is 0.357. The van der Waals surface area contributed by atoms with Crippen molar-refractivity contribution in [1.82, 2.24) is 9.78 Å². The Morgan fingerprint density at radius 2 is 2.06 bits per heavy atom. The van der Waals surface area contributed by atoms with Crippen molar-refractivity contribution in [3.05, 3.63) is 53.3 Å². The van der Waals surface area contributed by atoms with Gasteiger partial charge in [0.25, 0.3) is 0 Å². The molecule has 0 aliphatic rings. The van der Waals surface area contributed by atoms with E-state index in [1.807, 2.05) is 17.9 Å². The first kappa shape index (κ1) is 12.4. The van der Waals surface area contributed by atoms with Crippen LogP contribution in [0.2, 0.25) is 0 Å². The van der Waals surface area contributed by atoms with Gasteiger partial charge in [-0.05, 0) is 36.5 Å². The van der Waals surface area contributed by atoms with Crippen LogP contribution in [0.25, 0.3) is 0 Å². The maximum absolute atomic E-state index is 4.45. The summed E-state index contributed by atoms with van der Waals surface area (Å²) in [5, 5.41) is 5.42. The second kappa shape index (κ2) is 5.50. The highest BCUT2D eigenvalue weighted by atomic mass is 79.9. The van der Waals surface area contributed by atoms with Gasteiger partial charge in [0.05, 0.1) is 5.69 Å². The minimum absolute atomic E-state index is 0.492. The van der Waals surface area contributed by atoms with E-state index < -0.39 is 0 Å². The zero-order chi connectivity index (χ0) is 12.3. The summed E-state index contributed by atoms with van der Waals surface area (Å²) in [5.74, 6) is 0.492. The lowest BCUT2D eigenvalue weighted by Gasteiger charge is -2.15. The van der Waals surface area contributed by atoms with E-state index in [0.717, 1.165) is 17.4 Å². The van der Waals surface area contributed by atoms with Crippen LogP contribution in [0.4, 0.5) is 0 Å². The summed E-state index contributed by atoms with van der Waals surface area (Å²) in [6.07, 6.45) is 2.98. The smallest absolute Gasteiger partial charge is 0.0630 e. The minimum atomic E-state index is 0.492. The molecule has 0 saturated carbocycles. The van der Waals surface area contributed by atoms with Crippen molar-refractivity contribution in [3.63, 3.8) is 0 Å². The normalized spacial score (nSPS) is 12.6. The second-order valence-electron chi connectivity index (χ2n) is 4.39. The van der Waals surface area contributed by atoms with E-state index in [1.54, 1.807) is 0 Å². The van der Waals surface area contributed by atoms with E-state index in [-0.39, 0.29) is 0 Å². The molecule has 90 valence electrons. The maximum Gasteiger partial charge on any atom is 0.0630 e. The summed E-state index contributed by atoms with van der Waals surface area (Å²) in [6.45, 7) is 2.17. The quantitative estimate of drug-likeness (QED) is 0.789. The Labute approximate surface area is 111 Å². The van der Waals surface area contributed by atoms with Gasteiger partial charge in [-0.2, -0.15) is 5.10 Å². The molecule has 0 amide bonds. The molecule has 0 N–H and O–H groups in total. The summed E-state index contributed by atoms with van der Waals surface area (Å²) in [7, 11) is 1.96. The number of benzene rings is 1. The second-order valence-corrected chi connectivity index (χ2v) is 5.04. The van der Waals surface area contributed by atoms with Crippen molar-refractivity contribution in [3.8, 4) is 0 Å². The zero-order valence-electron chi connectivity index (χ0n) is 10.2. The molecule has 1 heterocycles. The van der Waals surface area contributed by atoms with Crippen molar-refractivity contribution >= 4 is 15.9 Å². The topological polar surface area (TPSA) is 17.8 Å². The van der Waals surface area contributed by atoms with Crippen molar-refractivity contribution in [2.75, 3.05) is 5.33 Å². The summed E-state index contributed by atoms with van der Waals surface area (Å²) in [6, 6.07) is 10.7. The van der Waals surface area contributed by atoms with Gasteiger partial charge in [-0.1, -0.05) is 40.2 Å². The molecule has 0 spiro atoms. The third-order valence-corrected chi connectivity index (χ3v) is 3.82. The van der Waals surface area contributed by atoms with Crippen LogP contribution in [0.3, 0.4) is 0 Å². The van der Waals surface area contributed by atoms with Gasteiger partial charge in [-0.3, -0.25) is 4.68 Å². The maximum atomic E-state index is 4.45. The predicted molar refractivity (Wildman–Crippen MR) is 74.6 cm³/mol. The highest BCUT2D eigenvalue weighted by molar-refractivity contribution is 9.09. The predicted octanol–water partition coefficient (Wildman–Crippen LogP) is 3.45. The number of halogens is 1. The Hall–Kier alpha value is -1.09. The number of aromatic nitrogens is 2. The Balaban J connectivity index is 2.20. The first-order valence-corrected chi connectivity index (χ1v) is 6.93. The van der Waals surface area contributed by atoms with Crippen LogP contribution in [0.15, 0.2) is 36.5 Å². The standard InChI is InChI=1S/C14H17BrN2/c1-11-5-3-4-6-14(11)12(10-15)9-13-7-8-17(2)16-13/h3-8,12H,9-10H2,1-2H3. The van der Waals surface area contributed by atoms with Crippen molar-refractivity contribution in [2.45, 2.75) is 19.3 Å².